The van der Waals surface area contributed by atoms with E-state index in [-0.39, 0.29) is 11.3 Å². The van der Waals surface area contributed by atoms with Crippen LogP contribution in [-0.2, 0) is 10.2 Å². The molecule has 5 heteroatoms. The van der Waals surface area contributed by atoms with Gasteiger partial charge in [0.2, 0.25) is 0 Å². The van der Waals surface area contributed by atoms with E-state index in [9.17, 15) is 14.3 Å². The number of ether oxygens (including phenoxy) is 1. The molecule has 0 atom stereocenters. The van der Waals surface area contributed by atoms with E-state index in [2.05, 4.69) is 0 Å². The topological polar surface area (TPSA) is 70.3 Å². The van der Waals surface area contributed by atoms with Crippen LogP contribution in [0.4, 0.5) is 4.39 Å². The summed E-state index contributed by atoms with van der Waals surface area (Å²) in [5.74, 6) is -1.78. The summed E-state index contributed by atoms with van der Waals surface area (Å²) in [5.41, 5.74) is -0.684. The van der Waals surface area contributed by atoms with Gasteiger partial charge >= 0.3 is 5.97 Å². The molecule has 19 heavy (non-hydrogen) atoms. The lowest BCUT2D eigenvalue weighted by molar-refractivity contribution is -0.143. The van der Waals surface area contributed by atoms with Crippen LogP contribution in [0.1, 0.15) is 36.8 Å². The van der Waals surface area contributed by atoms with Gasteiger partial charge in [0.1, 0.15) is 6.07 Å². The summed E-state index contributed by atoms with van der Waals surface area (Å²) in [5, 5.41) is 18.5. The Hall–Kier alpha value is -2.09. The number of carboxylic acid groups (broad SMARTS) is 1. The molecule has 1 saturated carbocycles. The zero-order valence-corrected chi connectivity index (χ0v) is 10.6. The van der Waals surface area contributed by atoms with Crippen molar-refractivity contribution in [1.29, 1.82) is 5.26 Å². The number of hydrogen-bond donors (Lipinski definition) is 1. The highest BCUT2D eigenvalue weighted by Gasteiger charge is 2.43. The van der Waals surface area contributed by atoms with Gasteiger partial charge in [-0.1, -0.05) is 12.8 Å². The van der Waals surface area contributed by atoms with Crippen molar-refractivity contribution in [3.05, 3.63) is 29.1 Å². The number of nitriles is 1. The number of halogens is 1. The molecule has 0 radical (unpaired) electrons. The summed E-state index contributed by atoms with van der Waals surface area (Å²) in [7, 11) is 1.28. The summed E-state index contributed by atoms with van der Waals surface area (Å²) >= 11 is 0. The van der Waals surface area contributed by atoms with Crippen molar-refractivity contribution in [2.45, 2.75) is 31.1 Å². The molecule has 1 fully saturated rings. The van der Waals surface area contributed by atoms with Crippen LogP contribution in [0.3, 0.4) is 0 Å². The molecule has 0 heterocycles. The molecule has 0 aromatic heterocycles. The van der Waals surface area contributed by atoms with Gasteiger partial charge in [0.25, 0.3) is 0 Å². The monoisotopic (exact) mass is 263 g/mol. The highest BCUT2D eigenvalue weighted by molar-refractivity contribution is 5.82. The van der Waals surface area contributed by atoms with Crippen molar-refractivity contribution in [3.63, 3.8) is 0 Å². The van der Waals surface area contributed by atoms with Crippen LogP contribution in [0, 0.1) is 17.1 Å². The zero-order valence-electron chi connectivity index (χ0n) is 10.6. The molecule has 100 valence electrons. The summed E-state index contributed by atoms with van der Waals surface area (Å²) < 4.78 is 18.7. The van der Waals surface area contributed by atoms with Crippen LogP contribution in [-0.4, -0.2) is 18.2 Å². The fourth-order valence-corrected chi connectivity index (χ4v) is 2.76. The Balaban J connectivity index is 2.60. The molecule has 2 rings (SSSR count). The third kappa shape index (κ3) is 2.03. The molecule has 1 aliphatic carbocycles. The lowest BCUT2D eigenvalue weighted by atomic mass is 9.78. The van der Waals surface area contributed by atoms with E-state index in [1.165, 1.54) is 19.2 Å². The lowest BCUT2D eigenvalue weighted by Crippen LogP contribution is -2.32. The average Bonchev–Trinajstić information content (AvgIpc) is 2.88. The molecule has 0 bridgehead atoms. The first-order valence-corrected chi connectivity index (χ1v) is 6.06. The summed E-state index contributed by atoms with van der Waals surface area (Å²) in [6.07, 6.45) is 2.53. The van der Waals surface area contributed by atoms with Crippen molar-refractivity contribution in [2.24, 2.45) is 0 Å². The van der Waals surface area contributed by atoms with Crippen molar-refractivity contribution in [3.8, 4) is 11.8 Å². The van der Waals surface area contributed by atoms with Crippen molar-refractivity contribution >= 4 is 5.97 Å². The number of rotatable bonds is 3. The van der Waals surface area contributed by atoms with Crippen LogP contribution in [0.5, 0.6) is 5.75 Å². The molecule has 1 aliphatic rings. The largest absolute Gasteiger partial charge is 0.492 e. The van der Waals surface area contributed by atoms with Crippen LogP contribution in [0.15, 0.2) is 12.1 Å². The Kier molecular flexibility index (Phi) is 3.43. The first-order valence-electron chi connectivity index (χ1n) is 6.06. The Labute approximate surface area is 110 Å². The van der Waals surface area contributed by atoms with E-state index >= 15 is 0 Å². The number of nitrogens with zero attached hydrogens (tertiary/aromatic N) is 1. The minimum absolute atomic E-state index is 0.0324. The summed E-state index contributed by atoms with van der Waals surface area (Å²) in [4.78, 5) is 11.6. The highest BCUT2D eigenvalue weighted by atomic mass is 19.1. The van der Waals surface area contributed by atoms with Gasteiger partial charge in [0.15, 0.2) is 11.6 Å². The quantitative estimate of drug-likeness (QED) is 0.910. The van der Waals surface area contributed by atoms with Crippen LogP contribution < -0.4 is 4.74 Å². The number of hydrogen-bond acceptors (Lipinski definition) is 3. The standard InChI is InChI=1S/C14H14FNO3/c1-19-12-9(8-16)6-10(7-11(12)15)14(13(17)18)4-2-3-5-14/h6-7H,2-5H2,1H3,(H,17,18). The number of benzene rings is 1. The van der Waals surface area contributed by atoms with Crippen LogP contribution in [0.2, 0.25) is 0 Å². The van der Waals surface area contributed by atoms with E-state index in [4.69, 9.17) is 10.00 Å². The van der Waals surface area contributed by atoms with Gasteiger partial charge in [-0.25, -0.2) is 4.39 Å². The third-order valence-electron chi connectivity index (χ3n) is 3.79. The van der Waals surface area contributed by atoms with Gasteiger partial charge in [-0.15, -0.1) is 0 Å². The Morgan fingerprint density at radius 3 is 2.58 bits per heavy atom. The number of carbonyl (C=O) groups is 1. The molecular weight excluding hydrogens is 249 g/mol. The van der Waals surface area contributed by atoms with E-state index < -0.39 is 17.2 Å². The molecule has 1 aromatic rings. The molecule has 1 N–H and O–H groups in total. The molecule has 0 spiro atoms. The van der Waals surface area contributed by atoms with E-state index in [0.29, 0.717) is 18.4 Å². The number of aliphatic carboxylic acids is 1. The van der Waals surface area contributed by atoms with Gasteiger partial charge in [-0.2, -0.15) is 5.26 Å². The predicted octanol–water partition coefficient (Wildman–Crippen LogP) is 2.60. The third-order valence-corrected chi connectivity index (χ3v) is 3.79. The maximum absolute atomic E-state index is 13.9. The molecule has 4 nitrogen and oxygen atoms in total. The second-order valence-electron chi connectivity index (χ2n) is 4.75. The average molecular weight is 263 g/mol. The molecule has 0 amide bonds. The van der Waals surface area contributed by atoms with Gasteiger partial charge in [-0.05, 0) is 30.5 Å². The number of carboxylic acids is 1. The van der Waals surface area contributed by atoms with E-state index in [1.807, 2.05) is 6.07 Å². The normalized spacial score (nSPS) is 16.9. The maximum Gasteiger partial charge on any atom is 0.314 e. The second kappa shape index (κ2) is 4.88. The smallest absolute Gasteiger partial charge is 0.314 e. The predicted molar refractivity (Wildman–Crippen MR) is 65.4 cm³/mol. The molecule has 0 saturated heterocycles. The van der Waals surface area contributed by atoms with Crippen molar-refractivity contribution in [2.75, 3.05) is 7.11 Å². The Bertz CT molecular complexity index is 557. The van der Waals surface area contributed by atoms with Gasteiger partial charge in [-0.3, -0.25) is 4.79 Å². The lowest BCUT2D eigenvalue weighted by Gasteiger charge is -2.25. The van der Waals surface area contributed by atoms with Crippen molar-refractivity contribution < 1.29 is 19.0 Å². The first-order chi connectivity index (χ1) is 9.05. The molecular formula is C14H14FNO3. The van der Waals surface area contributed by atoms with Gasteiger partial charge in [0, 0.05) is 0 Å². The van der Waals surface area contributed by atoms with Gasteiger partial charge in [0.05, 0.1) is 18.1 Å². The molecule has 0 unspecified atom stereocenters. The highest BCUT2D eigenvalue weighted by Crippen LogP contribution is 2.43. The van der Waals surface area contributed by atoms with Crippen LogP contribution in [0.25, 0.3) is 0 Å². The van der Waals surface area contributed by atoms with Crippen molar-refractivity contribution in [1.82, 2.24) is 0 Å². The minimum atomic E-state index is -1.07. The zero-order chi connectivity index (χ0) is 14.0. The fraction of sp³-hybridized carbons (Fsp3) is 0.429. The Morgan fingerprint density at radius 2 is 2.11 bits per heavy atom. The number of methoxy groups -OCH3 is 1. The molecule has 0 aliphatic heterocycles. The Morgan fingerprint density at radius 1 is 1.47 bits per heavy atom. The maximum atomic E-state index is 13.9. The minimum Gasteiger partial charge on any atom is -0.492 e. The SMILES string of the molecule is COc1c(F)cc(C2(C(=O)O)CCCC2)cc1C#N. The van der Waals surface area contributed by atoms with Gasteiger partial charge < -0.3 is 9.84 Å². The fourth-order valence-electron chi connectivity index (χ4n) is 2.76. The second-order valence-corrected chi connectivity index (χ2v) is 4.75. The summed E-state index contributed by atoms with van der Waals surface area (Å²) in [6, 6.07) is 4.46. The van der Waals surface area contributed by atoms with E-state index in [1.54, 1.807) is 0 Å². The molecule has 1 aromatic carbocycles. The van der Waals surface area contributed by atoms with E-state index in [0.717, 1.165) is 12.8 Å². The first kappa shape index (κ1) is 13.3. The van der Waals surface area contributed by atoms with Crippen LogP contribution >= 0.6 is 0 Å². The summed E-state index contributed by atoms with van der Waals surface area (Å²) in [6.45, 7) is 0.